The van der Waals surface area contributed by atoms with Gasteiger partial charge in [0.15, 0.2) is 5.60 Å². The van der Waals surface area contributed by atoms with E-state index < -0.39 is 35.3 Å². The van der Waals surface area contributed by atoms with Gasteiger partial charge in [-0.3, -0.25) is 14.3 Å². The third-order valence-electron chi connectivity index (χ3n) is 9.49. The number of hydrogen-bond donors (Lipinski definition) is 1. The number of amides is 2. The average molecular weight is 602 g/mol. The predicted octanol–water partition coefficient (Wildman–Crippen LogP) is 5.09. The molecule has 5 atom stereocenters. The molecule has 4 heterocycles. The lowest BCUT2D eigenvalue weighted by Crippen LogP contribution is -2.45. The highest BCUT2D eigenvalue weighted by atomic mass is 19.1. The van der Waals surface area contributed by atoms with Crippen molar-refractivity contribution >= 4 is 23.2 Å². The molecule has 2 saturated heterocycles. The largest absolute Gasteiger partial charge is 0.382 e. The normalized spacial score (nSPS) is 26.0. The van der Waals surface area contributed by atoms with E-state index in [1.54, 1.807) is 26.8 Å². The number of carbonyl (C=O) groups is 2. The Morgan fingerprint density at radius 1 is 1.20 bits per heavy atom. The summed E-state index contributed by atoms with van der Waals surface area (Å²) in [4.78, 5) is 30.6. The van der Waals surface area contributed by atoms with Crippen LogP contribution in [0.3, 0.4) is 0 Å². The molecule has 232 valence electrons. The van der Waals surface area contributed by atoms with Crippen LogP contribution in [0.2, 0.25) is 0 Å². The van der Waals surface area contributed by atoms with Crippen LogP contribution >= 0.6 is 0 Å². The molecular weight excluding hydrogens is 561 g/mol. The fourth-order valence-electron chi connectivity index (χ4n) is 7.48. The van der Waals surface area contributed by atoms with Crippen molar-refractivity contribution in [2.45, 2.75) is 76.5 Å². The number of aryl methyl sites for hydroxylation is 1. The summed E-state index contributed by atoms with van der Waals surface area (Å²) < 4.78 is 24.5. The maximum atomic E-state index is 16.1. The first-order valence-electron chi connectivity index (χ1n) is 15.4. The number of ether oxygens (including phenoxy) is 1. The molecule has 2 fully saturated rings. The van der Waals surface area contributed by atoms with E-state index in [1.807, 2.05) is 55.5 Å². The molecule has 0 aliphatic carbocycles. The molecule has 10 heteroatoms. The van der Waals surface area contributed by atoms with E-state index in [-0.39, 0.29) is 18.4 Å². The highest BCUT2D eigenvalue weighted by Crippen LogP contribution is 2.58. The lowest BCUT2D eigenvalue weighted by molar-refractivity contribution is -0.146. The molecule has 1 spiro atoms. The molecule has 2 amide bonds. The fraction of sp³-hybridized carbons (Fsp3) is 0.471. The number of nitrogens with zero attached hydrogens (tertiary/aromatic N) is 5. The molecule has 44 heavy (non-hydrogen) atoms. The number of aromatic nitrogens is 3. The second kappa shape index (κ2) is 11.6. The van der Waals surface area contributed by atoms with Crippen molar-refractivity contribution in [2.24, 2.45) is 11.8 Å². The van der Waals surface area contributed by atoms with Gasteiger partial charge in [0.1, 0.15) is 17.5 Å². The Hall–Kier alpha value is -3.89. The van der Waals surface area contributed by atoms with Crippen molar-refractivity contribution in [2.75, 3.05) is 22.9 Å². The molecule has 2 aromatic carbocycles. The van der Waals surface area contributed by atoms with Gasteiger partial charge in [-0.25, -0.2) is 4.39 Å². The van der Waals surface area contributed by atoms with Crippen LogP contribution in [0.5, 0.6) is 0 Å². The molecular formula is C34H40FN5O4. The van der Waals surface area contributed by atoms with Crippen LogP contribution in [0.4, 0.5) is 15.8 Å². The summed E-state index contributed by atoms with van der Waals surface area (Å²) in [6, 6.07) is 14.9. The average Bonchev–Trinajstić information content (AvgIpc) is 3.67. The van der Waals surface area contributed by atoms with Gasteiger partial charge in [-0.1, -0.05) is 48.5 Å². The number of hydrogen-bond acceptors (Lipinski definition) is 6. The van der Waals surface area contributed by atoms with Crippen molar-refractivity contribution in [3.8, 4) is 0 Å². The molecule has 0 unspecified atom stereocenters. The molecule has 3 aliphatic rings. The highest BCUT2D eigenvalue weighted by Gasteiger charge is 2.66. The lowest BCUT2D eigenvalue weighted by atomic mass is 9.71. The summed E-state index contributed by atoms with van der Waals surface area (Å²) in [5.74, 6) is -1.30. The molecule has 1 aromatic heterocycles. The molecule has 0 bridgehead atoms. The van der Waals surface area contributed by atoms with Crippen molar-refractivity contribution in [1.82, 2.24) is 15.0 Å². The van der Waals surface area contributed by atoms with E-state index in [9.17, 15) is 14.7 Å². The topological polar surface area (TPSA) is 101 Å². The minimum atomic E-state index is -1.66. The van der Waals surface area contributed by atoms with Crippen molar-refractivity contribution < 1.29 is 23.8 Å². The van der Waals surface area contributed by atoms with Crippen LogP contribution in [0.25, 0.3) is 0 Å². The zero-order chi connectivity index (χ0) is 31.2. The second-order valence-electron chi connectivity index (χ2n) is 12.7. The predicted molar refractivity (Wildman–Crippen MR) is 165 cm³/mol. The number of aliphatic hydroxyl groups is 1. The van der Waals surface area contributed by atoms with Gasteiger partial charge in [-0.15, -0.1) is 11.7 Å². The molecule has 3 aliphatic heterocycles. The first-order valence-corrected chi connectivity index (χ1v) is 15.4. The Balaban J connectivity index is 1.32. The van der Waals surface area contributed by atoms with E-state index in [1.165, 1.54) is 13.8 Å². The Kier molecular flexibility index (Phi) is 7.92. The number of aliphatic hydroxyl groups excluding tert-OH is 1. The van der Waals surface area contributed by atoms with Gasteiger partial charge in [0.25, 0.3) is 5.91 Å². The first-order chi connectivity index (χ1) is 21.1. The zero-order valence-electron chi connectivity index (χ0n) is 25.5. The van der Waals surface area contributed by atoms with Gasteiger partial charge in [0, 0.05) is 49.1 Å². The van der Waals surface area contributed by atoms with Crippen LogP contribution in [-0.2, 0) is 26.5 Å². The summed E-state index contributed by atoms with van der Waals surface area (Å²) in [7, 11) is 0. The third-order valence-corrected chi connectivity index (χ3v) is 9.49. The molecule has 1 N–H and O–H groups in total. The van der Waals surface area contributed by atoms with E-state index in [0.717, 1.165) is 18.5 Å². The van der Waals surface area contributed by atoms with Gasteiger partial charge in [0.2, 0.25) is 5.91 Å². The lowest BCUT2D eigenvalue weighted by Gasteiger charge is -2.33. The van der Waals surface area contributed by atoms with Gasteiger partial charge in [-0.2, -0.15) is 0 Å². The quantitative estimate of drug-likeness (QED) is 0.343. The summed E-state index contributed by atoms with van der Waals surface area (Å²) in [6.45, 7) is 10.1. The minimum absolute atomic E-state index is 0.0585. The second-order valence-corrected chi connectivity index (χ2v) is 12.7. The number of benzene rings is 2. The number of alkyl halides is 1. The smallest absolute Gasteiger partial charge is 0.264 e. The van der Waals surface area contributed by atoms with Crippen LogP contribution in [0, 0.1) is 11.8 Å². The maximum absolute atomic E-state index is 16.1. The molecule has 0 radical (unpaired) electrons. The number of carbonyl (C=O) groups excluding carboxylic acids is 2. The van der Waals surface area contributed by atoms with Gasteiger partial charge < -0.3 is 19.6 Å². The highest BCUT2D eigenvalue weighted by molar-refractivity contribution is 6.08. The molecule has 9 nitrogen and oxygen atoms in total. The Morgan fingerprint density at radius 3 is 2.68 bits per heavy atom. The summed E-state index contributed by atoms with van der Waals surface area (Å²) in [5, 5.41) is 19.1. The van der Waals surface area contributed by atoms with Crippen LogP contribution in [-0.4, -0.2) is 56.8 Å². The van der Waals surface area contributed by atoms with Crippen LogP contribution in [0.1, 0.15) is 69.4 Å². The van der Waals surface area contributed by atoms with E-state index in [0.29, 0.717) is 48.4 Å². The Labute approximate surface area is 257 Å². The summed E-state index contributed by atoms with van der Waals surface area (Å²) in [6.07, 6.45) is 4.47. The number of fused-ring (bicyclic) bond motifs is 2. The Morgan fingerprint density at radius 2 is 1.98 bits per heavy atom. The SMILES string of the molecule is C=CCN1C(=O)[C@]2(O[C@H](CCn3cc([C@H](O)c4ccccc4)nn3)[C@@H](C(C)(C)F)[C@@H]2C)c2cc(N3CCCCC3=O)ccc21. The maximum Gasteiger partial charge on any atom is 0.264 e. The van der Waals surface area contributed by atoms with Crippen molar-refractivity contribution in [1.29, 1.82) is 0 Å². The molecule has 0 saturated carbocycles. The standard InChI is InChI=1S/C34H40FN5O4/c1-5-17-40-27-15-14-24(39-18-10-9-13-29(39)41)20-25(27)34(32(40)43)22(2)30(33(3,4)35)28(44-34)16-19-38-21-26(36-37-38)31(42)23-11-7-6-8-12-23/h5-8,11-12,14-15,20-22,28,30-31,42H,1,9-10,13,16-19H2,2-4H3/t22-,28+,30-,31+,34+/m0/s1. The summed E-state index contributed by atoms with van der Waals surface area (Å²) >= 11 is 0. The number of piperidine rings is 1. The monoisotopic (exact) mass is 601 g/mol. The van der Waals surface area contributed by atoms with Crippen molar-refractivity contribution in [3.63, 3.8) is 0 Å². The van der Waals surface area contributed by atoms with E-state index in [2.05, 4.69) is 16.9 Å². The minimum Gasteiger partial charge on any atom is -0.382 e. The molecule has 6 rings (SSSR count). The number of halogens is 1. The number of rotatable bonds is 9. The van der Waals surface area contributed by atoms with Gasteiger partial charge in [-0.05, 0) is 56.9 Å². The fourth-order valence-corrected chi connectivity index (χ4v) is 7.48. The third kappa shape index (κ3) is 5.03. The van der Waals surface area contributed by atoms with E-state index >= 15 is 4.39 Å². The van der Waals surface area contributed by atoms with Gasteiger partial charge >= 0.3 is 0 Å². The zero-order valence-corrected chi connectivity index (χ0v) is 25.5. The number of anilines is 2. The van der Waals surface area contributed by atoms with Crippen LogP contribution in [0.15, 0.2) is 67.4 Å². The Bertz CT molecular complexity index is 1550. The van der Waals surface area contributed by atoms with Crippen molar-refractivity contribution in [3.05, 3.63) is 84.2 Å². The van der Waals surface area contributed by atoms with E-state index in [4.69, 9.17) is 4.74 Å². The molecule has 3 aromatic rings. The first kappa shape index (κ1) is 30.1. The van der Waals surface area contributed by atoms with Crippen LogP contribution < -0.4 is 9.80 Å². The summed E-state index contributed by atoms with van der Waals surface area (Å²) in [5.41, 5.74) is 0.140. The van der Waals surface area contributed by atoms with Gasteiger partial charge in [0.05, 0.1) is 18.0 Å².